The number of rotatable bonds is 4. The van der Waals surface area contributed by atoms with Gasteiger partial charge in [-0.2, -0.15) is 0 Å². The average Bonchev–Trinajstić information content (AvgIpc) is 2.65. The minimum atomic E-state index is -0.953. The molecule has 0 atom stereocenters. The van der Waals surface area contributed by atoms with Gasteiger partial charge in [0.2, 0.25) is 0 Å². The Morgan fingerprint density at radius 2 is 1.12 bits per heavy atom. The molecular formula is C20H18N2O2. The van der Waals surface area contributed by atoms with Crippen LogP contribution in [0, 0.1) is 0 Å². The van der Waals surface area contributed by atoms with E-state index in [-0.39, 0.29) is 11.6 Å². The van der Waals surface area contributed by atoms with Crippen LogP contribution < -0.4 is 5.73 Å². The summed E-state index contributed by atoms with van der Waals surface area (Å²) in [6.07, 6.45) is 0. The molecule has 0 aliphatic carbocycles. The Labute approximate surface area is 140 Å². The number of aromatic hydroxyl groups is 1. The lowest BCUT2D eigenvalue weighted by atomic mass is 9.68. The molecule has 0 aliphatic heterocycles. The molecule has 0 spiro atoms. The van der Waals surface area contributed by atoms with E-state index in [0.29, 0.717) is 0 Å². The van der Waals surface area contributed by atoms with Gasteiger partial charge >= 0.3 is 0 Å². The van der Waals surface area contributed by atoms with E-state index in [1.807, 2.05) is 60.7 Å². The Bertz CT molecular complexity index is 789. The Balaban J connectivity index is 2.40. The highest BCUT2D eigenvalue weighted by molar-refractivity contribution is 5.98. The van der Waals surface area contributed by atoms with Crippen LogP contribution in [0.1, 0.15) is 16.7 Å². The Morgan fingerprint density at radius 3 is 1.54 bits per heavy atom. The van der Waals surface area contributed by atoms with Gasteiger partial charge in [0.1, 0.15) is 11.2 Å². The minimum Gasteiger partial charge on any atom is -0.508 e. The summed E-state index contributed by atoms with van der Waals surface area (Å²) in [5.74, 6) is 0.221. The molecule has 4 nitrogen and oxygen atoms in total. The maximum Gasteiger partial charge on any atom is 0.158 e. The molecule has 0 aromatic heterocycles. The van der Waals surface area contributed by atoms with E-state index >= 15 is 0 Å². The fourth-order valence-electron chi connectivity index (χ4n) is 3.11. The van der Waals surface area contributed by atoms with Crippen LogP contribution in [-0.4, -0.2) is 16.1 Å². The van der Waals surface area contributed by atoms with Crippen molar-refractivity contribution in [3.05, 3.63) is 102 Å². The maximum absolute atomic E-state index is 9.65. The first-order valence-electron chi connectivity index (χ1n) is 7.58. The molecule has 0 fully saturated rings. The predicted molar refractivity (Wildman–Crippen MR) is 94.3 cm³/mol. The lowest BCUT2D eigenvalue weighted by Gasteiger charge is -2.34. The molecule has 0 amide bonds. The first-order valence-corrected chi connectivity index (χ1v) is 7.58. The second-order valence-electron chi connectivity index (χ2n) is 5.51. The topological polar surface area (TPSA) is 78.8 Å². The molecule has 3 aromatic rings. The molecule has 120 valence electrons. The Morgan fingerprint density at radius 1 is 0.708 bits per heavy atom. The van der Waals surface area contributed by atoms with E-state index < -0.39 is 5.41 Å². The molecule has 4 heteroatoms. The van der Waals surface area contributed by atoms with Gasteiger partial charge in [-0.1, -0.05) is 78.0 Å². The van der Waals surface area contributed by atoms with Crippen LogP contribution in [0.2, 0.25) is 0 Å². The van der Waals surface area contributed by atoms with Crippen LogP contribution in [0.4, 0.5) is 0 Å². The van der Waals surface area contributed by atoms with Crippen molar-refractivity contribution >= 4 is 5.84 Å². The predicted octanol–water partition coefficient (Wildman–Crippen LogP) is 3.47. The highest BCUT2D eigenvalue weighted by Gasteiger charge is 2.41. The quantitative estimate of drug-likeness (QED) is 0.226. The summed E-state index contributed by atoms with van der Waals surface area (Å²) in [7, 11) is 0. The molecule has 0 heterocycles. The van der Waals surface area contributed by atoms with Crippen LogP contribution >= 0.6 is 0 Å². The maximum atomic E-state index is 9.65. The number of nitrogens with zero attached hydrogens (tertiary/aromatic N) is 1. The van der Waals surface area contributed by atoms with Gasteiger partial charge in [0, 0.05) is 0 Å². The zero-order valence-corrected chi connectivity index (χ0v) is 13.0. The van der Waals surface area contributed by atoms with Gasteiger partial charge in [0.25, 0.3) is 0 Å². The van der Waals surface area contributed by atoms with Gasteiger partial charge in [-0.05, 0) is 28.8 Å². The first kappa shape index (κ1) is 15.6. The van der Waals surface area contributed by atoms with Crippen molar-refractivity contribution in [2.45, 2.75) is 5.41 Å². The van der Waals surface area contributed by atoms with E-state index in [4.69, 9.17) is 5.73 Å². The third-order valence-electron chi connectivity index (χ3n) is 4.21. The normalized spacial score (nSPS) is 12.1. The largest absolute Gasteiger partial charge is 0.508 e. The third kappa shape index (κ3) is 2.48. The molecule has 0 unspecified atom stereocenters. The van der Waals surface area contributed by atoms with Crippen molar-refractivity contribution in [2.24, 2.45) is 10.9 Å². The second-order valence-corrected chi connectivity index (χ2v) is 5.51. The lowest BCUT2D eigenvalue weighted by Crippen LogP contribution is -2.43. The number of amidine groups is 1. The zero-order valence-electron chi connectivity index (χ0n) is 13.0. The molecule has 0 saturated carbocycles. The summed E-state index contributed by atoms with van der Waals surface area (Å²) >= 11 is 0. The Hall–Kier alpha value is -3.27. The molecule has 3 aromatic carbocycles. The summed E-state index contributed by atoms with van der Waals surface area (Å²) in [4.78, 5) is 0. The number of oxime groups is 1. The summed E-state index contributed by atoms with van der Waals surface area (Å²) in [5.41, 5.74) is 7.81. The molecule has 0 bridgehead atoms. The monoisotopic (exact) mass is 318 g/mol. The number of hydrogen-bond donors (Lipinski definition) is 3. The van der Waals surface area contributed by atoms with Crippen molar-refractivity contribution in [1.82, 2.24) is 0 Å². The van der Waals surface area contributed by atoms with Gasteiger partial charge in [-0.25, -0.2) is 0 Å². The van der Waals surface area contributed by atoms with E-state index in [9.17, 15) is 10.3 Å². The highest BCUT2D eigenvalue weighted by atomic mass is 16.4. The summed E-state index contributed by atoms with van der Waals surface area (Å²) in [6, 6.07) is 26.0. The van der Waals surface area contributed by atoms with Gasteiger partial charge < -0.3 is 16.0 Å². The second kappa shape index (κ2) is 6.46. The number of phenols is 1. The van der Waals surface area contributed by atoms with Crippen LogP contribution in [0.5, 0.6) is 5.75 Å². The first-order chi connectivity index (χ1) is 11.7. The van der Waals surface area contributed by atoms with Crippen LogP contribution in [0.3, 0.4) is 0 Å². The van der Waals surface area contributed by atoms with Gasteiger partial charge in [-0.15, -0.1) is 0 Å². The number of nitrogens with two attached hydrogens (primary N) is 1. The Kier molecular flexibility index (Phi) is 4.20. The SMILES string of the molecule is NC(=NO)C(c1ccccc1)(c1ccccc1)c1ccc(O)cc1. The van der Waals surface area contributed by atoms with Crippen molar-refractivity contribution in [3.63, 3.8) is 0 Å². The van der Waals surface area contributed by atoms with Crippen LogP contribution in [-0.2, 0) is 5.41 Å². The number of hydrogen-bond acceptors (Lipinski definition) is 3. The minimum absolute atomic E-state index is 0.0607. The summed E-state index contributed by atoms with van der Waals surface area (Å²) in [5, 5.41) is 22.5. The molecule has 24 heavy (non-hydrogen) atoms. The third-order valence-corrected chi connectivity index (χ3v) is 4.21. The lowest BCUT2D eigenvalue weighted by molar-refractivity contribution is 0.314. The van der Waals surface area contributed by atoms with Crippen molar-refractivity contribution in [3.8, 4) is 5.75 Å². The van der Waals surface area contributed by atoms with Crippen molar-refractivity contribution in [2.75, 3.05) is 0 Å². The number of phenolic OH excluding ortho intramolecular Hbond substituents is 1. The fraction of sp³-hybridized carbons (Fsp3) is 0.0500. The van der Waals surface area contributed by atoms with Crippen molar-refractivity contribution < 1.29 is 10.3 Å². The summed E-state index contributed by atoms with van der Waals surface area (Å²) in [6.45, 7) is 0. The molecular weight excluding hydrogens is 300 g/mol. The summed E-state index contributed by atoms with van der Waals surface area (Å²) < 4.78 is 0. The highest BCUT2D eigenvalue weighted by Crippen LogP contribution is 2.39. The average molecular weight is 318 g/mol. The smallest absolute Gasteiger partial charge is 0.158 e. The molecule has 0 saturated heterocycles. The van der Waals surface area contributed by atoms with Gasteiger partial charge in [0.05, 0.1) is 0 Å². The number of benzene rings is 3. The van der Waals surface area contributed by atoms with E-state index in [1.54, 1.807) is 24.3 Å². The van der Waals surface area contributed by atoms with Gasteiger partial charge in [0.15, 0.2) is 5.84 Å². The molecule has 0 radical (unpaired) electrons. The van der Waals surface area contributed by atoms with Crippen molar-refractivity contribution in [1.29, 1.82) is 0 Å². The zero-order chi connectivity index (χ0) is 17.0. The van der Waals surface area contributed by atoms with Crippen LogP contribution in [0.15, 0.2) is 90.1 Å². The van der Waals surface area contributed by atoms with E-state index in [1.165, 1.54) is 0 Å². The van der Waals surface area contributed by atoms with Crippen LogP contribution in [0.25, 0.3) is 0 Å². The van der Waals surface area contributed by atoms with E-state index in [2.05, 4.69) is 5.16 Å². The fourth-order valence-corrected chi connectivity index (χ4v) is 3.11. The molecule has 4 N–H and O–H groups in total. The van der Waals surface area contributed by atoms with E-state index in [0.717, 1.165) is 16.7 Å². The van der Waals surface area contributed by atoms with Gasteiger partial charge in [-0.3, -0.25) is 0 Å². The molecule has 0 aliphatic rings. The molecule has 3 rings (SSSR count). The standard InChI is InChI=1S/C20H18N2O2/c21-19(22-24)20(15-7-3-1-4-8-15,16-9-5-2-6-10-16)17-11-13-18(23)14-12-17/h1-14,23-24H,(H2,21,22).